The Bertz CT molecular complexity index is 1720. The number of rotatable bonds is 7. The highest BCUT2D eigenvalue weighted by molar-refractivity contribution is 6.04. The number of nitrogens with zero attached hydrogens (tertiary/aromatic N) is 3. The van der Waals surface area contributed by atoms with Gasteiger partial charge in [0.2, 0.25) is 0 Å². The van der Waals surface area contributed by atoms with Crippen molar-refractivity contribution in [1.29, 1.82) is 0 Å². The second kappa shape index (κ2) is 11.2. The zero-order chi connectivity index (χ0) is 30.2. The number of hydrazine groups is 1. The summed E-state index contributed by atoms with van der Waals surface area (Å²) in [4.78, 5) is 59.0. The fourth-order valence-corrected chi connectivity index (χ4v) is 5.71. The minimum Gasteiger partial charge on any atom is -0.460 e. The number of pyridine rings is 2. The standard InChI is InChI=1S/C33H34N4O5/c1-6-15-36-25-10-8-7-9-22(25)16-23(31(36)40)28-24(32(41)42-20(2)3)19-37(35-30(39)21-11-13-34-14-12-21)26-17-33(4,5)18-27(38)29(26)28/h6-14,16,19-20,28H,1,15,17-18H2,2-5H3,(H,35,39). The van der Waals surface area contributed by atoms with Crippen LogP contribution in [0.2, 0.25) is 0 Å². The Morgan fingerprint density at radius 3 is 2.55 bits per heavy atom. The molecule has 1 aliphatic heterocycles. The van der Waals surface area contributed by atoms with Crippen LogP contribution in [0, 0.1) is 5.41 Å². The largest absolute Gasteiger partial charge is 0.460 e. The van der Waals surface area contributed by atoms with Crippen molar-refractivity contribution in [2.24, 2.45) is 5.41 Å². The van der Waals surface area contributed by atoms with Crippen LogP contribution >= 0.6 is 0 Å². The lowest BCUT2D eigenvalue weighted by Crippen LogP contribution is -2.46. The van der Waals surface area contributed by atoms with Gasteiger partial charge in [-0.05, 0) is 55.3 Å². The lowest BCUT2D eigenvalue weighted by atomic mass is 9.69. The van der Waals surface area contributed by atoms with Gasteiger partial charge in [0, 0.05) is 54.0 Å². The number of benzene rings is 1. The maximum atomic E-state index is 14.1. The zero-order valence-electron chi connectivity index (χ0n) is 24.2. The van der Waals surface area contributed by atoms with Crippen molar-refractivity contribution in [3.63, 3.8) is 0 Å². The summed E-state index contributed by atoms with van der Waals surface area (Å²) in [5.74, 6) is -2.30. The molecule has 1 atom stereocenters. The number of amides is 1. The van der Waals surface area contributed by atoms with Gasteiger partial charge in [0.15, 0.2) is 5.78 Å². The second-order valence-corrected chi connectivity index (χ2v) is 11.7. The predicted octanol–water partition coefficient (Wildman–Crippen LogP) is 4.81. The van der Waals surface area contributed by atoms with Crippen molar-refractivity contribution in [3.05, 3.63) is 112 Å². The number of carbonyl (C=O) groups is 3. The van der Waals surface area contributed by atoms with Crippen molar-refractivity contribution in [2.45, 2.75) is 59.1 Å². The summed E-state index contributed by atoms with van der Waals surface area (Å²) in [5.41, 5.74) is 4.38. The minimum absolute atomic E-state index is 0.0862. The Kier molecular flexibility index (Phi) is 7.69. The van der Waals surface area contributed by atoms with E-state index in [1.807, 2.05) is 38.1 Å². The molecule has 3 aromatic rings. The average Bonchev–Trinajstić information content (AvgIpc) is 2.94. The summed E-state index contributed by atoms with van der Waals surface area (Å²) in [6.07, 6.45) is 6.34. The molecule has 2 aliphatic rings. The van der Waals surface area contributed by atoms with E-state index in [1.54, 1.807) is 42.7 Å². The van der Waals surface area contributed by atoms with Crippen molar-refractivity contribution in [3.8, 4) is 0 Å². The summed E-state index contributed by atoms with van der Waals surface area (Å²) in [6.45, 7) is 11.5. The van der Waals surface area contributed by atoms with Crippen molar-refractivity contribution >= 4 is 28.6 Å². The highest BCUT2D eigenvalue weighted by Gasteiger charge is 2.45. The van der Waals surface area contributed by atoms with E-state index >= 15 is 0 Å². The molecule has 5 rings (SSSR count). The molecule has 2 aromatic heterocycles. The first-order chi connectivity index (χ1) is 20.0. The summed E-state index contributed by atoms with van der Waals surface area (Å²) >= 11 is 0. The SMILES string of the molecule is C=CCn1c(=O)c(C2C(C(=O)OC(C)C)=CN(NC(=O)c3ccncc3)C3=C2C(=O)CC(C)(C)C3)cc2ccccc21. The first kappa shape index (κ1) is 28.7. The number of Topliss-reactive ketones (excluding diaryl/α,β-unsaturated/α-hetero) is 1. The Balaban J connectivity index is 1.76. The number of esters is 1. The van der Waals surface area contributed by atoms with Crippen LogP contribution in [0.15, 0.2) is 95.4 Å². The third-order valence-electron chi connectivity index (χ3n) is 7.45. The van der Waals surface area contributed by atoms with E-state index in [-0.39, 0.29) is 35.4 Å². The van der Waals surface area contributed by atoms with Gasteiger partial charge >= 0.3 is 5.97 Å². The minimum atomic E-state index is -0.989. The Morgan fingerprint density at radius 1 is 1.14 bits per heavy atom. The van der Waals surface area contributed by atoms with Crippen LogP contribution in [-0.2, 0) is 20.9 Å². The Labute approximate surface area is 244 Å². The normalized spacial score (nSPS) is 18.0. The average molecular weight is 567 g/mol. The fourth-order valence-electron chi connectivity index (χ4n) is 5.71. The van der Waals surface area contributed by atoms with Crippen molar-refractivity contribution in [1.82, 2.24) is 20.0 Å². The van der Waals surface area contributed by atoms with Crippen LogP contribution in [0.3, 0.4) is 0 Å². The van der Waals surface area contributed by atoms with Crippen LogP contribution in [0.5, 0.6) is 0 Å². The molecule has 0 saturated carbocycles. The third kappa shape index (κ3) is 5.42. The number of aromatic nitrogens is 2. The van der Waals surface area contributed by atoms with E-state index in [4.69, 9.17) is 4.74 Å². The quantitative estimate of drug-likeness (QED) is 0.323. The first-order valence-electron chi connectivity index (χ1n) is 13.9. The lowest BCUT2D eigenvalue weighted by molar-refractivity contribution is -0.143. The van der Waals surface area contributed by atoms with Crippen LogP contribution in [0.4, 0.5) is 0 Å². The van der Waals surface area contributed by atoms with E-state index in [9.17, 15) is 19.2 Å². The molecule has 3 heterocycles. The number of carbonyl (C=O) groups excluding carboxylic acids is 3. The molecule has 9 heteroatoms. The van der Waals surface area contributed by atoms with Crippen molar-refractivity contribution in [2.75, 3.05) is 0 Å². The molecule has 1 amide bonds. The molecule has 1 aliphatic carbocycles. The summed E-state index contributed by atoms with van der Waals surface area (Å²) in [7, 11) is 0. The first-order valence-corrected chi connectivity index (χ1v) is 13.9. The third-order valence-corrected chi connectivity index (χ3v) is 7.45. The molecule has 0 fully saturated rings. The molecular formula is C33H34N4O5. The number of ether oxygens (including phenoxy) is 1. The molecule has 1 aromatic carbocycles. The molecule has 0 radical (unpaired) electrons. The predicted molar refractivity (Wildman–Crippen MR) is 159 cm³/mol. The monoisotopic (exact) mass is 566 g/mol. The molecule has 216 valence electrons. The smallest absolute Gasteiger partial charge is 0.336 e. The van der Waals surface area contributed by atoms with Crippen LogP contribution in [-0.4, -0.2) is 38.3 Å². The van der Waals surface area contributed by atoms with Gasteiger partial charge in [0.25, 0.3) is 11.5 Å². The van der Waals surface area contributed by atoms with Gasteiger partial charge in [0.1, 0.15) is 0 Å². The van der Waals surface area contributed by atoms with E-state index in [1.165, 1.54) is 23.6 Å². The van der Waals surface area contributed by atoms with Crippen LogP contribution < -0.4 is 11.0 Å². The number of allylic oxidation sites excluding steroid dienone is 3. The van der Waals surface area contributed by atoms with E-state index < -0.39 is 29.3 Å². The molecule has 42 heavy (non-hydrogen) atoms. The second-order valence-electron chi connectivity index (χ2n) is 11.7. The molecule has 1 unspecified atom stereocenters. The topological polar surface area (TPSA) is 111 Å². The van der Waals surface area contributed by atoms with Gasteiger partial charge in [0.05, 0.1) is 23.1 Å². The van der Waals surface area contributed by atoms with E-state index in [0.29, 0.717) is 28.8 Å². The van der Waals surface area contributed by atoms with Crippen molar-refractivity contribution < 1.29 is 19.1 Å². The molecule has 0 saturated heterocycles. The maximum Gasteiger partial charge on any atom is 0.336 e. The van der Waals surface area contributed by atoms with E-state index in [0.717, 1.165) is 5.39 Å². The summed E-state index contributed by atoms with van der Waals surface area (Å²) < 4.78 is 7.22. The highest BCUT2D eigenvalue weighted by atomic mass is 16.5. The molecule has 9 nitrogen and oxygen atoms in total. The number of nitrogens with one attached hydrogen (secondary N) is 1. The van der Waals surface area contributed by atoms with Gasteiger partial charge < -0.3 is 9.30 Å². The number of hydrogen-bond acceptors (Lipinski definition) is 7. The van der Waals surface area contributed by atoms with Gasteiger partial charge in [-0.3, -0.25) is 29.8 Å². The number of para-hydroxylation sites is 1. The summed E-state index contributed by atoms with van der Waals surface area (Å²) in [6, 6.07) is 12.4. The van der Waals surface area contributed by atoms with Gasteiger partial charge in [-0.1, -0.05) is 38.1 Å². The number of hydrogen-bond donors (Lipinski definition) is 1. The van der Waals surface area contributed by atoms with Gasteiger partial charge in [-0.25, -0.2) is 4.79 Å². The Morgan fingerprint density at radius 2 is 1.86 bits per heavy atom. The molecule has 1 N–H and O–H groups in total. The number of fused-ring (bicyclic) bond motifs is 1. The van der Waals surface area contributed by atoms with Crippen LogP contribution in [0.1, 0.15) is 62.4 Å². The molecular weight excluding hydrogens is 532 g/mol. The molecule has 0 spiro atoms. The number of ketones is 1. The Hall–Kier alpha value is -4.79. The van der Waals surface area contributed by atoms with Crippen LogP contribution in [0.25, 0.3) is 10.9 Å². The summed E-state index contributed by atoms with van der Waals surface area (Å²) in [5, 5.41) is 2.23. The van der Waals surface area contributed by atoms with Gasteiger partial charge in [-0.2, -0.15) is 0 Å². The fraction of sp³-hybridized carbons (Fsp3) is 0.303. The maximum absolute atomic E-state index is 14.1. The highest BCUT2D eigenvalue weighted by Crippen LogP contribution is 2.47. The van der Waals surface area contributed by atoms with E-state index in [2.05, 4.69) is 17.0 Å². The lowest BCUT2D eigenvalue weighted by Gasteiger charge is -2.42. The van der Waals surface area contributed by atoms with Gasteiger partial charge in [-0.15, -0.1) is 6.58 Å². The zero-order valence-corrected chi connectivity index (χ0v) is 24.2. The molecule has 0 bridgehead atoms.